The van der Waals surface area contributed by atoms with Crippen LogP contribution in [0.5, 0.6) is 0 Å². The fourth-order valence-electron chi connectivity index (χ4n) is 1.41. The molecule has 0 aliphatic heterocycles. The van der Waals surface area contributed by atoms with Gasteiger partial charge >= 0.3 is 0 Å². The lowest BCUT2D eigenvalue weighted by molar-refractivity contribution is 0.0637. The maximum atomic E-state index is 13.0. The summed E-state index contributed by atoms with van der Waals surface area (Å²) < 4.78 is 23.7. The van der Waals surface area contributed by atoms with Gasteiger partial charge in [0.05, 0.1) is 24.3 Å². The molecule has 1 aromatic rings. The monoisotopic (exact) mass is 305 g/mol. The molecular formula is C12H17BrFNO2. The highest BCUT2D eigenvalue weighted by Crippen LogP contribution is 2.17. The molecule has 0 aliphatic rings. The maximum Gasteiger partial charge on any atom is 0.137 e. The summed E-state index contributed by atoms with van der Waals surface area (Å²) in [4.78, 5) is 0. The Morgan fingerprint density at radius 3 is 2.82 bits per heavy atom. The first-order valence-electron chi connectivity index (χ1n) is 5.39. The van der Waals surface area contributed by atoms with Gasteiger partial charge in [-0.3, -0.25) is 0 Å². The van der Waals surface area contributed by atoms with Gasteiger partial charge in [-0.1, -0.05) is 6.07 Å². The molecule has 3 nitrogen and oxygen atoms in total. The van der Waals surface area contributed by atoms with Crippen LogP contribution in [-0.4, -0.2) is 33.0 Å². The highest BCUT2D eigenvalue weighted by molar-refractivity contribution is 9.10. The van der Waals surface area contributed by atoms with Crippen LogP contribution in [0.1, 0.15) is 5.56 Å². The van der Waals surface area contributed by atoms with Crippen molar-refractivity contribution in [3.05, 3.63) is 34.1 Å². The van der Waals surface area contributed by atoms with Crippen molar-refractivity contribution in [2.24, 2.45) is 5.73 Å². The number of hydrogen-bond acceptors (Lipinski definition) is 3. The van der Waals surface area contributed by atoms with E-state index < -0.39 is 0 Å². The predicted octanol–water partition coefficient (Wildman–Crippen LogP) is 2.12. The zero-order chi connectivity index (χ0) is 12.7. The first-order valence-corrected chi connectivity index (χ1v) is 6.19. The third kappa shape index (κ3) is 5.59. The lowest BCUT2D eigenvalue weighted by Crippen LogP contribution is -2.29. The molecule has 1 aromatic carbocycles. The zero-order valence-corrected chi connectivity index (χ0v) is 11.4. The molecule has 0 amide bonds. The van der Waals surface area contributed by atoms with E-state index in [2.05, 4.69) is 15.9 Å². The minimum Gasteiger partial charge on any atom is -0.382 e. The third-order valence-electron chi connectivity index (χ3n) is 2.25. The number of nitrogens with two attached hydrogens (primary N) is 1. The van der Waals surface area contributed by atoms with E-state index in [1.165, 1.54) is 6.07 Å². The molecular weight excluding hydrogens is 289 g/mol. The Bertz CT molecular complexity index is 349. The van der Waals surface area contributed by atoms with Crippen LogP contribution in [-0.2, 0) is 15.9 Å². The molecule has 17 heavy (non-hydrogen) atoms. The van der Waals surface area contributed by atoms with Crippen molar-refractivity contribution in [1.82, 2.24) is 0 Å². The Labute approximate surface area is 109 Å². The van der Waals surface area contributed by atoms with Crippen molar-refractivity contribution < 1.29 is 13.9 Å². The molecule has 0 radical (unpaired) electrons. The number of rotatable bonds is 7. The molecule has 2 N–H and O–H groups in total. The molecule has 0 spiro atoms. The van der Waals surface area contributed by atoms with Crippen molar-refractivity contribution in [2.75, 3.05) is 26.9 Å². The van der Waals surface area contributed by atoms with Gasteiger partial charge in [-0.15, -0.1) is 0 Å². The van der Waals surface area contributed by atoms with Crippen LogP contribution in [0.3, 0.4) is 0 Å². The number of methoxy groups -OCH3 is 1. The summed E-state index contributed by atoms with van der Waals surface area (Å²) >= 11 is 3.15. The standard InChI is InChI=1S/C12H17BrFNO2/c1-16-4-5-17-8-10(15)6-9-2-3-12(14)11(13)7-9/h2-3,7,10H,4-6,8,15H2,1H3. The first-order chi connectivity index (χ1) is 8.13. The van der Waals surface area contributed by atoms with Crippen LogP contribution in [0.4, 0.5) is 4.39 Å². The van der Waals surface area contributed by atoms with E-state index in [0.717, 1.165) is 5.56 Å². The molecule has 0 fully saturated rings. The van der Waals surface area contributed by atoms with E-state index in [0.29, 0.717) is 30.7 Å². The van der Waals surface area contributed by atoms with E-state index in [4.69, 9.17) is 15.2 Å². The second-order valence-electron chi connectivity index (χ2n) is 3.78. The van der Waals surface area contributed by atoms with Crippen molar-refractivity contribution >= 4 is 15.9 Å². The quantitative estimate of drug-likeness (QED) is 0.785. The van der Waals surface area contributed by atoms with Gasteiger partial charge in [0.1, 0.15) is 5.82 Å². The Balaban J connectivity index is 2.34. The smallest absolute Gasteiger partial charge is 0.137 e. The van der Waals surface area contributed by atoms with E-state index >= 15 is 0 Å². The lowest BCUT2D eigenvalue weighted by atomic mass is 10.1. The normalized spacial score (nSPS) is 12.7. The Hall–Kier alpha value is -0.490. The molecule has 0 bridgehead atoms. The largest absolute Gasteiger partial charge is 0.382 e. The van der Waals surface area contributed by atoms with E-state index in [1.807, 2.05) is 0 Å². The minimum absolute atomic E-state index is 0.0933. The summed E-state index contributed by atoms with van der Waals surface area (Å²) in [5.41, 5.74) is 6.89. The van der Waals surface area contributed by atoms with Crippen LogP contribution in [0.25, 0.3) is 0 Å². The fourth-order valence-corrected chi connectivity index (χ4v) is 1.83. The summed E-state index contributed by atoms with van der Waals surface area (Å²) in [6.45, 7) is 1.57. The average Bonchev–Trinajstić information content (AvgIpc) is 2.30. The Morgan fingerprint density at radius 2 is 2.18 bits per heavy atom. The van der Waals surface area contributed by atoms with Crippen LogP contribution in [0.15, 0.2) is 22.7 Å². The van der Waals surface area contributed by atoms with Gasteiger partial charge in [-0.2, -0.15) is 0 Å². The molecule has 0 aliphatic carbocycles. The molecule has 0 saturated heterocycles. The number of ether oxygens (including phenoxy) is 2. The van der Waals surface area contributed by atoms with Crippen LogP contribution in [0.2, 0.25) is 0 Å². The van der Waals surface area contributed by atoms with Gasteiger partial charge in [0.15, 0.2) is 0 Å². The van der Waals surface area contributed by atoms with Crippen molar-refractivity contribution in [3.8, 4) is 0 Å². The molecule has 96 valence electrons. The first kappa shape index (κ1) is 14.6. The molecule has 1 atom stereocenters. The van der Waals surface area contributed by atoms with Gasteiger partial charge in [-0.05, 0) is 40.0 Å². The molecule has 0 heterocycles. The van der Waals surface area contributed by atoms with Crippen LogP contribution < -0.4 is 5.73 Å². The highest BCUT2D eigenvalue weighted by atomic mass is 79.9. The second kappa shape index (κ2) is 7.76. The number of benzene rings is 1. The Morgan fingerprint density at radius 1 is 1.41 bits per heavy atom. The minimum atomic E-state index is -0.265. The van der Waals surface area contributed by atoms with Crippen molar-refractivity contribution in [1.29, 1.82) is 0 Å². The molecule has 0 saturated carbocycles. The van der Waals surface area contributed by atoms with Gasteiger partial charge in [0.2, 0.25) is 0 Å². The fraction of sp³-hybridized carbons (Fsp3) is 0.500. The average molecular weight is 306 g/mol. The molecule has 0 aromatic heterocycles. The summed E-state index contributed by atoms with van der Waals surface area (Å²) in [6.07, 6.45) is 0.659. The van der Waals surface area contributed by atoms with E-state index in [-0.39, 0.29) is 11.9 Å². The maximum absolute atomic E-state index is 13.0. The summed E-state index contributed by atoms with van der Waals surface area (Å²) in [5.74, 6) is -0.265. The van der Waals surface area contributed by atoms with Gasteiger partial charge in [0, 0.05) is 13.2 Å². The van der Waals surface area contributed by atoms with Gasteiger partial charge in [0.25, 0.3) is 0 Å². The van der Waals surface area contributed by atoms with Crippen LogP contribution >= 0.6 is 15.9 Å². The van der Waals surface area contributed by atoms with Gasteiger partial charge in [-0.25, -0.2) is 4.39 Å². The highest BCUT2D eigenvalue weighted by Gasteiger charge is 2.06. The Kier molecular flexibility index (Phi) is 6.65. The zero-order valence-electron chi connectivity index (χ0n) is 9.79. The predicted molar refractivity (Wildman–Crippen MR) is 68.5 cm³/mol. The van der Waals surface area contributed by atoms with Crippen molar-refractivity contribution in [2.45, 2.75) is 12.5 Å². The van der Waals surface area contributed by atoms with Crippen molar-refractivity contribution in [3.63, 3.8) is 0 Å². The summed E-state index contributed by atoms with van der Waals surface area (Å²) in [6, 6.07) is 4.81. The molecule has 1 rings (SSSR count). The lowest BCUT2D eigenvalue weighted by Gasteiger charge is -2.12. The van der Waals surface area contributed by atoms with Gasteiger partial charge < -0.3 is 15.2 Å². The van der Waals surface area contributed by atoms with E-state index in [1.54, 1.807) is 19.2 Å². The van der Waals surface area contributed by atoms with E-state index in [9.17, 15) is 4.39 Å². The SMILES string of the molecule is COCCOCC(N)Cc1ccc(F)c(Br)c1. The number of hydrogen-bond donors (Lipinski definition) is 1. The summed E-state index contributed by atoms with van der Waals surface area (Å²) in [7, 11) is 1.62. The molecule has 1 unspecified atom stereocenters. The third-order valence-corrected chi connectivity index (χ3v) is 2.85. The van der Waals surface area contributed by atoms with Crippen LogP contribution in [0, 0.1) is 5.82 Å². The summed E-state index contributed by atoms with van der Waals surface area (Å²) in [5, 5.41) is 0. The molecule has 5 heteroatoms. The second-order valence-corrected chi connectivity index (χ2v) is 4.63. The number of halogens is 2. The topological polar surface area (TPSA) is 44.5 Å².